The number of benzene rings is 1. The summed E-state index contributed by atoms with van der Waals surface area (Å²) in [6, 6.07) is 3.85. The number of hydrogen-bond donors (Lipinski definition) is 1. The fourth-order valence-corrected chi connectivity index (χ4v) is 2.93. The van der Waals surface area contributed by atoms with Crippen molar-refractivity contribution >= 4 is 16.5 Å². The average Bonchev–Trinajstić information content (AvgIpc) is 3.06. The Bertz CT molecular complexity index is 591. The summed E-state index contributed by atoms with van der Waals surface area (Å²) in [5, 5.41) is 0.477. The van der Waals surface area contributed by atoms with Crippen molar-refractivity contribution < 1.29 is 8.78 Å². The van der Waals surface area contributed by atoms with Crippen molar-refractivity contribution in [2.45, 2.75) is 19.3 Å². The lowest BCUT2D eigenvalue weighted by Crippen LogP contribution is -1.91. The van der Waals surface area contributed by atoms with E-state index in [9.17, 15) is 8.78 Å². The molecule has 18 heavy (non-hydrogen) atoms. The second kappa shape index (κ2) is 4.31. The number of nitrogens with two attached hydrogens (primary N) is 1. The minimum Gasteiger partial charge on any atom is -0.375 e. The number of rotatable bonds is 3. The first-order valence-corrected chi connectivity index (χ1v) is 6.65. The Morgan fingerprint density at radius 3 is 2.72 bits per heavy atom. The van der Waals surface area contributed by atoms with E-state index in [1.54, 1.807) is 6.07 Å². The smallest absolute Gasteiger partial charge is 0.180 e. The molecule has 0 atom stereocenters. The van der Waals surface area contributed by atoms with Crippen molar-refractivity contribution in [2.75, 3.05) is 5.73 Å². The molecule has 1 aliphatic rings. The molecule has 2 aromatic rings. The summed E-state index contributed by atoms with van der Waals surface area (Å²) in [5.74, 6) is -0.990. The number of aromatic nitrogens is 1. The van der Waals surface area contributed by atoms with Gasteiger partial charge in [0.25, 0.3) is 0 Å². The van der Waals surface area contributed by atoms with Crippen LogP contribution in [0.25, 0.3) is 11.3 Å². The Morgan fingerprint density at radius 2 is 2.06 bits per heavy atom. The van der Waals surface area contributed by atoms with Crippen LogP contribution < -0.4 is 5.73 Å². The molecular formula is C13H12F2N2S. The molecule has 0 radical (unpaired) electrons. The van der Waals surface area contributed by atoms with E-state index in [1.165, 1.54) is 30.2 Å². The van der Waals surface area contributed by atoms with Crippen LogP contribution in [0.3, 0.4) is 0 Å². The Labute approximate surface area is 107 Å². The molecule has 1 aliphatic carbocycles. The SMILES string of the molecule is Nc1nc(-c2ccc(F)c(F)c2)c(CC2CC2)s1. The zero-order valence-corrected chi connectivity index (χ0v) is 10.4. The Morgan fingerprint density at radius 1 is 1.28 bits per heavy atom. The fraction of sp³-hybridized carbons (Fsp3) is 0.308. The molecule has 1 fully saturated rings. The molecule has 2 nitrogen and oxygen atoms in total. The number of nitrogen functional groups attached to an aromatic ring is 1. The molecule has 5 heteroatoms. The molecule has 0 saturated heterocycles. The van der Waals surface area contributed by atoms with E-state index >= 15 is 0 Å². The second-order valence-corrected chi connectivity index (χ2v) is 5.72. The largest absolute Gasteiger partial charge is 0.375 e. The maximum Gasteiger partial charge on any atom is 0.180 e. The van der Waals surface area contributed by atoms with Crippen molar-refractivity contribution in [3.05, 3.63) is 34.7 Å². The van der Waals surface area contributed by atoms with Crippen LogP contribution in [-0.2, 0) is 6.42 Å². The highest BCUT2D eigenvalue weighted by Crippen LogP contribution is 2.38. The predicted octanol–water partition coefficient (Wildman–Crippen LogP) is 3.62. The number of nitrogens with zero attached hydrogens (tertiary/aromatic N) is 1. The molecule has 2 N–H and O–H groups in total. The van der Waals surface area contributed by atoms with Gasteiger partial charge < -0.3 is 5.73 Å². The molecule has 0 amide bonds. The molecule has 0 bridgehead atoms. The van der Waals surface area contributed by atoms with Crippen molar-refractivity contribution in [2.24, 2.45) is 5.92 Å². The second-order valence-electron chi connectivity index (χ2n) is 4.60. The summed E-state index contributed by atoms with van der Waals surface area (Å²) in [5.41, 5.74) is 7.01. The topological polar surface area (TPSA) is 38.9 Å². The highest BCUT2D eigenvalue weighted by molar-refractivity contribution is 7.15. The molecule has 0 spiro atoms. The first-order valence-electron chi connectivity index (χ1n) is 5.84. The molecule has 0 aliphatic heterocycles. The summed E-state index contributed by atoms with van der Waals surface area (Å²) in [6.45, 7) is 0. The quantitative estimate of drug-likeness (QED) is 0.921. The molecule has 0 unspecified atom stereocenters. The maximum atomic E-state index is 13.2. The van der Waals surface area contributed by atoms with Crippen LogP contribution in [0.5, 0.6) is 0 Å². The zero-order chi connectivity index (χ0) is 12.7. The maximum absolute atomic E-state index is 13.2. The summed E-state index contributed by atoms with van der Waals surface area (Å²) in [4.78, 5) is 5.31. The van der Waals surface area contributed by atoms with Gasteiger partial charge in [-0.15, -0.1) is 11.3 Å². The molecule has 1 saturated carbocycles. The molecule has 1 aromatic heterocycles. The normalized spacial score (nSPS) is 15.0. The van der Waals surface area contributed by atoms with Crippen LogP contribution in [0.1, 0.15) is 17.7 Å². The zero-order valence-electron chi connectivity index (χ0n) is 9.62. The van der Waals surface area contributed by atoms with Gasteiger partial charge in [0.15, 0.2) is 16.8 Å². The van der Waals surface area contributed by atoms with Crippen LogP contribution in [0.2, 0.25) is 0 Å². The number of thiazole rings is 1. The minimum absolute atomic E-state index is 0.477. The van der Waals surface area contributed by atoms with E-state index in [2.05, 4.69) is 4.98 Å². The number of hydrogen-bond acceptors (Lipinski definition) is 3. The van der Waals surface area contributed by atoms with Crippen LogP contribution in [-0.4, -0.2) is 4.98 Å². The van der Waals surface area contributed by atoms with Crippen LogP contribution in [0, 0.1) is 17.6 Å². The Balaban J connectivity index is 2.00. The standard InChI is InChI=1S/C13H12F2N2S/c14-9-4-3-8(6-10(9)15)12-11(5-7-1-2-7)18-13(16)17-12/h3-4,6-7H,1-2,5H2,(H2,16,17). The van der Waals surface area contributed by atoms with Gasteiger partial charge in [-0.1, -0.05) is 0 Å². The third kappa shape index (κ3) is 2.22. The van der Waals surface area contributed by atoms with Gasteiger partial charge in [0.2, 0.25) is 0 Å². The van der Waals surface area contributed by atoms with Gasteiger partial charge in [0.1, 0.15) is 0 Å². The summed E-state index contributed by atoms with van der Waals surface area (Å²) in [6.07, 6.45) is 3.40. The van der Waals surface area contributed by atoms with Crippen LogP contribution >= 0.6 is 11.3 Å². The van der Waals surface area contributed by atoms with Crippen LogP contribution in [0.4, 0.5) is 13.9 Å². The van der Waals surface area contributed by atoms with Crippen molar-refractivity contribution in [3.8, 4) is 11.3 Å². The average molecular weight is 266 g/mol. The first-order chi connectivity index (χ1) is 8.63. The van der Waals surface area contributed by atoms with E-state index in [1.807, 2.05) is 0 Å². The van der Waals surface area contributed by atoms with Gasteiger partial charge in [-0.3, -0.25) is 0 Å². The molecule has 1 aromatic carbocycles. The Hall–Kier alpha value is -1.49. The molecule has 94 valence electrons. The third-order valence-corrected chi connectivity index (χ3v) is 3.98. The fourth-order valence-electron chi connectivity index (χ4n) is 1.96. The molecule has 3 rings (SSSR count). The van der Waals surface area contributed by atoms with E-state index < -0.39 is 11.6 Å². The van der Waals surface area contributed by atoms with Crippen molar-refractivity contribution in [1.82, 2.24) is 4.98 Å². The Kier molecular flexibility index (Phi) is 2.78. The highest BCUT2D eigenvalue weighted by atomic mass is 32.1. The minimum atomic E-state index is -0.851. The summed E-state index contributed by atoms with van der Waals surface area (Å²) in [7, 11) is 0. The number of halogens is 2. The lowest BCUT2D eigenvalue weighted by molar-refractivity contribution is 0.509. The van der Waals surface area contributed by atoms with E-state index in [0.717, 1.165) is 17.4 Å². The monoisotopic (exact) mass is 266 g/mol. The summed E-state index contributed by atoms with van der Waals surface area (Å²) >= 11 is 1.44. The van der Waals surface area contributed by atoms with Gasteiger partial charge in [0, 0.05) is 10.4 Å². The lowest BCUT2D eigenvalue weighted by atomic mass is 10.1. The third-order valence-electron chi connectivity index (χ3n) is 3.08. The van der Waals surface area contributed by atoms with E-state index in [4.69, 9.17) is 5.73 Å². The van der Waals surface area contributed by atoms with E-state index in [-0.39, 0.29) is 0 Å². The lowest BCUT2D eigenvalue weighted by Gasteiger charge is -2.02. The summed E-state index contributed by atoms with van der Waals surface area (Å²) < 4.78 is 26.2. The molecular weight excluding hydrogens is 254 g/mol. The van der Waals surface area contributed by atoms with Gasteiger partial charge in [-0.05, 0) is 43.4 Å². The highest BCUT2D eigenvalue weighted by Gasteiger charge is 2.25. The van der Waals surface area contributed by atoms with Crippen molar-refractivity contribution in [3.63, 3.8) is 0 Å². The van der Waals surface area contributed by atoms with Gasteiger partial charge in [0.05, 0.1) is 5.69 Å². The van der Waals surface area contributed by atoms with Gasteiger partial charge in [-0.25, -0.2) is 13.8 Å². The van der Waals surface area contributed by atoms with Crippen LogP contribution in [0.15, 0.2) is 18.2 Å². The van der Waals surface area contributed by atoms with E-state index in [0.29, 0.717) is 22.3 Å². The first kappa shape index (κ1) is 11.6. The van der Waals surface area contributed by atoms with Crippen molar-refractivity contribution in [1.29, 1.82) is 0 Å². The van der Waals surface area contributed by atoms with Gasteiger partial charge >= 0.3 is 0 Å². The number of anilines is 1. The predicted molar refractivity (Wildman–Crippen MR) is 68.3 cm³/mol. The molecule has 1 heterocycles. The van der Waals surface area contributed by atoms with Gasteiger partial charge in [-0.2, -0.15) is 0 Å².